The first kappa shape index (κ1) is 16.4. The lowest BCUT2D eigenvalue weighted by molar-refractivity contribution is -0.143. The molecule has 6 nitrogen and oxygen atoms in total. The molecule has 1 aromatic carbocycles. The summed E-state index contributed by atoms with van der Waals surface area (Å²) in [5, 5.41) is 0. The predicted octanol–water partition coefficient (Wildman–Crippen LogP) is 0.719. The van der Waals surface area contributed by atoms with Crippen LogP contribution >= 0.6 is 0 Å². The molecule has 2 rings (SSSR count). The van der Waals surface area contributed by atoms with Gasteiger partial charge in [0.05, 0.1) is 6.42 Å². The van der Waals surface area contributed by atoms with E-state index in [-0.39, 0.29) is 10.5 Å². The van der Waals surface area contributed by atoms with E-state index in [1.54, 1.807) is 0 Å². The zero-order chi connectivity index (χ0) is 17.3. The maximum absolute atomic E-state index is 13.4. The van der Waals surface area contributed by atoms with Gasteiger partial charge in [-0.25, -0.2) is 31.5 Å². The molecule has 11 heteroatoms. The van der Waals surface area contributed by atoms with Crippen molar-refractivity contribution in [2.75, 3.05) is 5.73 Å². The highest BCUT2D eigenvalue weighted by molar-refractivity contribution is 5.73. The number of nitrogen functional groups attached to an aromatic ring is 1. The van der Waals surface area contributed by atoms with Crippen molar-refractivity contribution in [2.24, 2.45) is 0 Å². The van der Waals surface area contributed by atoms with E-state index in [2.05, 4.69) is 9.82 Å². The third-order valence-corrected chi connectivity index (χ3v) is 2.65. The largest absolute Gasteiger partial charge is 0.382 e. The van der Waals surface area contributed by atoms with Gasteiger partial charge in [0, 0.05) is 17.8 Å². The quantitative estimate of drug-likeness (QED) is 0.507. The number of anilines is 1. The van der Waals surface area contributed by atoms with Crippen LogP contribution in [0.1, 0.15) is 5.56 Å². The minimum absolute atomic E-state index is 0.203. The first-order valence-corrected chi connectivity index (χ1v) is 5.79. The summed E-state index contributed by atoms with van der Waals surface area (Å²) in [5.74, 6) is -13.0. The number of carbonyl (C=O) groups excluding carboxylic acids is 1. The fourth-order valence-electron chi connectivity index (χ4n) is 1.58. The fourth-order valence-corrected chi connectivity index (χ4v) is 1.58. The summed E-state index contributed by atoms with van der Waals surface area (Å²) in [6, 6.07) is 1.08. The lowest BCUT2D eigenvalue weighted by Crippen LogP contribution is -2.34. The van der Waals surface area contributed by atoms with Gasteiger partial charge in [0.1, 0.15) is 5.82 Å². The molecule has 1 heterocycles. The van der Waals surface area contributed by atoms with Crippen LogP contribution in [-0.4, -0.2) is 15.7 Å². The molecular weight excluding hydrogens is 329 g/mol. The van der Waals surface area contributed by atoms with E-state index in [0.717, 1.165) is 12.3 Å². The Morgan fingerprint density at radius 1 is 1.09 bits per heavy atom. The molecule has 1 aromatic heterocycles. The van der Waals surface area contributed by atoms with Gasteiger partial charge in [-0.15, -0.1) is 4.73 Å². The SMILES string of the molecule is Nc1ccnc(=O)n1OC(=O)Cc1c(F)c(F)c(F)c(F)c1F. The van der Waals surface area contributed by atoms with Crippen LogP contribution in [0, 0.1) is 29.1 Å². The highest BCUT2D eigenvalue weighted by Crippen LogP contribution is 2.23. The molecule has 0 fully saturated rings. The Kier molecular flexibility index (Phi) is 4.29. The van der Waals surface area contributed by atoms with Crippen molar-refractivity contribution < 1.29 is 31.6 Å². The Balaban J connectivity index is 2.34. The van der Waals surface area contributed by atoms with Crippen LogP contribution < -0.4 is 16.3 Å². The van der Waals surface area contributed by atoms with Gasteiger partial charge >= 0.3 is 11.7 Å². The number of hydrogen-bond acceptors (Lipinski definition) is 5. The molecule has 0 spiro atoms. The summed E-state index contributed by atoms with van der Waals surface area (Å²) in [5.41, 5.74) is 2.80. The van der Waals surface area contributed by atoms with Crippen LogP contribution in [0.15, 0.2) is 17.1 Å². The molecule has 0 aliphatic carbocycles. The Bertz CT molecular complexity index is 824. The van der Waals surface area contributed by atoms with Gasteiger partial charge in [0.25, 0.3) is 0 Å². The van der Waals surface area contributed by atoms with Crippen LogP contribution in [0.2, 0.25) is 0 Å². The van der Waals surface area contributed by atoms with Crippen molar-refractivity contribution in [1.29, 1.82) is 0 Å². The molecule has 122 valence electrons. The van der Waals surface area contributed by atoms with Crippen LogP contribution in [0.3, 0.4) is 0 Å². The van der Waals surface area contributed by atoms with Gasteiger partial charge in [0.15, 0.2) is 23.3 Å². The van der Waals surface area contributed by atoms with Gasteiger partial charge in [-0.3, -0.25) is 0 Å². The highest BCUT2D eigenvalue weighted by atomic mass is 19.2. The molecule has 0 saturated carbocycles. The number of benzene rings is 1. The van der Waals surface area contributed by atoms with E-state index in [1.807, 2.05) is 0 Å². The van der Waals surface area contributed by atoms with Gasteiger partial charge < -0.3 is 10.6 Å². The molecular formula is C12H6F5N3O3. The number of carbonyl (C=O) groups is 1. The predicted molar refractivity (Wildman–Crippen MR) is 64.4 cm³/mol. The van der Waals surface area contributed by atoms with Crippen molar-refractivity contribution in [3.8, 4) is 0 Å². The van der Waals surface area contributed by atoms with Gasteiger partial charge in [0.2, 0.25) is 5.82 Å². The number of hydrogen-bond donors (Lipinski definition) is 1. The topological polar surface area (TPSA) is 87.2 Å². The highest BCUT2D eigenvalue weighted by Gasteiger charge is 2.27. The summed E-state index contributed by atoms with van der Waals surface area (Å²) in [6.07, 6.45) is -0.321. The average molecular weight is 335 g/mol. The van der Waals surface area contributed by atoms with E-state index < -0.39 is 52.7 Å². The van der Waals surface area contributed by atoms with E-state index >= 15 is 0 Å². The monoisotopic (exact) mass is 335 g/mol. The number of halogens is 5. The fraction of sp³-hybridized carbons (Fsp3) is 0.0833. The number of rotatable bonds is 3. The minimum Gasteiger partial charge on any atom is -0.382 e. The first-order chi connectivity index (χ1) is 10.7. The van der Waals surface area contributed by atoms with Crippen LogP contribution in [0.4, 0.5) is 27.8 Å². The molecule has 0 aliphatic heterocycles. The van der Waals surface area contributed by atoms with E-state index in [9.17, 15) is 31.5 Å². The van der Waals surface area contributed by atoms with Crippen molar-refractivity contribution in [3.05, 3.63) is 57.4 Å². The smallest absolute Gasteiger partial charge is 0.382 e. The lowest BCUT2D eigenvalue weighted by Gasteiger charge is -2.10. The summed E-state index contributed by atoms with van der Waals surface area (Å²) in [7, 11) is 0. The van der Waals surface area contributed by atoms with Crippen molar-refractivity contribution in [3.63, 3.8) is 0 Å². The standard InChI is InChI=1S/C12H6F5N3O3/c13-7-4(8(14)10(16)11(17)9(7)15)3-6(21)23-20-5(18)1-2-19-12(20)22/h1-2H,3,18H2. The number of aromatic nitrogens is 2. The molecule has 0 unspecified atom stereocenters. The Labute approximate surface area is 123 Å². The zero-order valence-corrected chi connectivity index (χ0v) is 10.9. The second-order valence-electron chi connectivity index (χ2n) is 4.14. The van der Waals surface area contributed by atoms with Crippen molar-refractivity contribution >= 4 is 11.8 Å². The molecule has 23 heavy (non-hydrogen) atoms. The van der Waals surface area contributed by atoms with Gasteiger partial charge in [-0.05, 0) is 0 Å². The second-order valence-corrected chi connectivity index (χ2v) is 4.14. The first-order valence-electron chi connectivity index (χ1n) is 5.79. The summed E-state index contributed by atoms with van der Waals surface area (Å²) in [6.45, 7) is 0. The second kappa shape index (κ2) is 6.02. The van der Waals surface area contributed by atoms with Gasteiger partial charge in [-0.1, -0.05) is 0 Å². The Morgan fingerprint density at radius 2 is 1.61 bits per heavy atom. The van der Waals surface area contributed by atoms with Gasteiger partial charge in [-0.2, -0.15) is 4.98 Å². The average Bonchev–Trinajstić information content (AvgIpc) is 2.51. The summed E-state index contributed by atoms with van der Waals surface area (Å²) in [4.78, 5) is 30.5. The zero-order valence-electron chi connectivity index (χ0n) is 10.9. The van der Waals surface area contributed by atoms with Crippen LogP contribution in [0.25, 0.3) is 0 Å². The van der Waals surface area contributed by atoms with Crippen LogP contribution in [0.5, 0.6) is 0 Å². The molecule has 0 atom stereocenters. The van der Waals surface area contributed by atoms with Crippen LogP contribution in [-0.2, 0) is 11.2 Å². The normalized spacial score (nSPS) is 10.7. The molecule has 0 radical (unpaired) electrons. The molecule has 0 bridgehead atoms. The van der Waals surface area contributed by atoms with Crippen molar-refractivity contribution in [2.45, 2.75) is 6.42 Å². The summed E-state index contributed by atoms with van der Waals surface area (Å²) >= 11 is 0. The maximum atomic E-state index is 13.4. The minimum atomic E-state index is -2.36. The third kappa shape index (κ3) is 2.98. The lowest BCUT2D eigenvalue weighted by atomic mass is 10.1. The molecule has 2 N–H and O–H groups in total. The molecule has 2 aromatic rings. The maximum Gasteiger partial charge on any atom is 0.382 e. The molecule has 0 amide bonds. The Morgan fingerprint density at radius 3 is 2.13 bits per heavy atom. The number of nitrogens with two attached hydrogens (primary N) is 1. The molecule has 0 aliphatic rings. The number of nitrogens with zero attached hydrogens (tertiary/aromatic N) is 2. The van der Waals surface area contributed by atoms with E-state index in [0.29, 0.717) is 0 Å². The molecule has 0 saturated heterocycles. The third-order valence-electron chi connectivity index (χ3n) is 2.65. The van der Waals surface area contributed by atoms with Crippen molar-refractivity contribution in [1.82, 2.24) is 9.71 Å². The van der Waals surface area contributed by atoms with E-state index in [1.165, 1.54) is 0 Å². The summed E-state index contributed by atoms with van der Waals surface area (Å²) < 4.78 is 65.9. The van der Waals surface area contributed by atoms with E-state index in [4.69, 9.17) is 5.73 Å². The Hall–Kier alpha value is -2.98.